The van der Waals surface area contributed by atoms with Crippen LogP contribution in [0.2, 0.25) is 0 Å². The third-order valence-corrected chi connectivity index (χ3v) is 2.94. The highest BCUT2D eigenvalue weighted by molar-refractivity contribution is 6.00. The molecule has 0 saturated heterocycles. The fourth-order valence-corrected chi connectivity index (χ4v) is 1.79. The molecule has 0 aromatic rings. The first-order chi connectivity index (χ1) is 6.57. The van der Waals surface area contributed by atoms with Crippen molar-refractivity contribution in [3.63, 3.8) is 0 Å². The largest absolute Gasteiger partial charge is 0.468 e. The maximum absolute atomic E-state index is 11.9. The molecule has 1 saturated carbocycles. The topological polar surface area (TPSA) is 43.4 Å². The first-order valence-corrected chi connectivity index (χ1v) is 5.19. The summed E-state index contributed by atoms with van der Waals surface area (Å²) in [5.74, 6) is -0.697. The molecule has 0 radical (unpaired) electrons. The van der Waals surface area contributed by atoms with Crippen LogP contribution in [0.5, 0.6) is 0 Å². The number of carbonyl (C=O) groups is 2. The van der Waals surface area contributed by atoms with E-state index in [-0.39, 0.29) is 23.6 Å². The van der Waals surface area contributed by atoms with Crippen LogP contribution in [0.1, 0.15) is 33.1 Å². The van der Waals surface area contributed by atoms with Crippen molar-refractivity contribution in [3.05, 3.63) is 0 Å². The van der Waals surface area contributed by atoms with E-state index >= 15 is 0 Å². The zero-order chi connectivity index (χ0) is 10.7. The number of ether oxygens (including phenoxy) is 1. The van der Waals surface area contributed by atoms with Gasteiger partial charge in [0.2, 0.25) is 0 Å². The van der Waals surface area contributed by atoms with Gasteiger partial charge < -0.3 is 4.74 Å². The van der Waals surface area contributed by atoms with Crippen LogP contribution in [0.15, 0.2) is 0 Å². The van der Waals surface area contributed by atoms with Gasteiger partial charge in [-0.05, 0) is 18.8 Å². The Kier molecular flexibility index (Phi) is 3.67. The minimum Gasteiger partial charge on any atom is -0.468 e. The minimum absolute atomic E-state index is 0.0375. The van der Waals surface area contributed by atoms with E-state index in [9.17, 15) is 9.59 Å². The van der Waals surface area contributed by atoms with E-state index in [4.69, 9.17) is 0 Å². The summed E-state index contributed by atoms with van der Waals surface area (Å²) in [6.07, 6.45) is 3.00. The van der Waals surface area contributed by atoms with Gasteiger partial charge in [-0.15, -0.1) is 0 Å². The number of methoxy groups -OCH3 is 1. The molecule has 1 fully saturated rings. The minimum atomic E-state index is -0.551. The summed E-state index contributed by atoms with van der Waals surface area (Å²) in [7, 11) is 1.34. The number of Topliss-reactive ketones (excluding diaryl/α,β-unsaturated/α-hetero) is 1. The van der Waals surface area contributed by atoms with Gasteiger partial charge in [0.05, 0.1) is 7.11 Å². The van der Waals surface area contributed by atoms with Crippen molar-refractivity contribution in [1.29, 1.82) is 0 Å². The summed E-state index contributed by atoms with van der Waals surface area (Å²) in [6, 6.07) is 0. The number of rotatable bonds is 4. The molecule has 1 unspecified atom stereocenters. The Bertz CT molecular complexity index is 229. The molecule has 0 N–H and O–H groups in total. The van der Waals surface area contributed by atoms with Crippen molar-refractivity contribution in [2.45, 2.75) is 33.1 Å². The van der Waals surface area contributed by atoms with E-state index in [0.29, 0.717) is 0 Å². The molecule has 0 spiro atoms. The Labute approximate surface area is 84.8 Å². The second-order valence-electron chi connectivity index (χ2n) is 4.28. The van der Waals surface area contributed by atoms with Crippen molar-refractivity contribution in [3.8, 4) is 0 Å². The molecule has 1 atom stereocenters. The molecule has 3 heteroatoms. The van der Waals surface area contributed by atoms with Gasteiger partial charge in [0.1, 0.15) is 11.7 Å². The van der Waals surface area contributed by atoms with Crippen molar-refractivity contribution < 1.29 is 14.3 Å². The molecule has 1 aliphatic carbocycles. The first kappa shape index (κ1) is 11.2. The predicted molar refractivity (Wildman–Crippen MR) is 52.7 cm³/mol. The van der Waals surface area contributed by atoms with E-state index in [0.717, 1.165) is 19.3 Å². The molecule has 0 heterocycles. The van der Waals surface area contributed by atoms with Gasteiger partial charge in [-0.25, -0.2) is 0 Å². The van der Waals surface area contributed by atoms with Crippen LogP contribution in [0.4, 0.5) is 0 Å². The summed E-state index contributed by atoms with van der Waals surface area (Å²) in [5, 5.41) is 0. The molecule has 14 heavy (non-hydrogen) atoms. The second kappa shape index (κ2) is 4.58. The van der Waals surface area contributed by atoms with Crippen LogP contribution in [-0.2, 0) is 14.3 Å². The molecule has 0 aromatic carbocycles. The summed E-state index contributed by atoms with van der Waals surface area (Å²) in [4.78, 5) is 23.3. The quantitative estimate of drug-likeness (QED) is 0.511. The molecule has 0 aliphatic heterocycles. The van der Waals surface area contributed by atoms with E-state index < -0.39 is 5.92 Å². The second-order valence-corrected chi connectivity index (χ2v) is 4.28. The van der Waals surface area contributed by atoms with Crippen molar-refractivity contribution in [1.82, 2.24) is 0 Å². The Morgan fingerprint density at radius 3 is 2.14 bits per heavy atom. The molecule has 1 aliphatic rings. The van der Waals surface area contributed by atoms with E-state index in [2.05, 4.69) is 4.74 Å². The highest BCUT2D eigenvalue weighted by Gasteiger charge is 2.37. The van der Waals surface area contributed by atoms with Crippen molar-refractivity contribution in [2.75, 3.05) is 7.11 Å². The Morgan fingerprint density at radius 2 is 1.86 bits per heavy atom. The summed E-state index contributed by atoms with van der Waals surface area (Å²) < 4.78 is 4.65. The first-order valence-electron chi connectivity index (χ1n) is 5.19. The average Bonchev–Trinajstić information content (AvgIpc) is 2.00. The maximum Gasteiger partial charge on any atom is 0.316 e. The molecular formula is C11H18O3. The Morgan fingerprint density at radius 1 is 1.29 bits per heavy atom. The zero-order valence-corrected chi connectivity index (χ0v) is 9.08. The lowest BCUT2D eigenvalue weighted by Gasteiger charge is -2.28. The van der Waals surface area contributed by atoms with Crippen LogP contribution in [0.3, 0.4) is 0 Å². The normalized spacial score (nSPS) is 18.9. The van der Waals surface area contributed by atoms with Crippen molar-refractivity contribution in [2.24, 2.45) is 17.8 Å². The van der Waals surface area contributed by atoms with Gasteiger partial charge >= 0.3 is 5.97 Å². The van der Waals surface area contributed by atoms with Crippen LogP contribution in [-0.4, -0.2) is 18.9 Å². The van der Waals surface area contributed by atoms with Crippen molar-refractivity contribution >= 4 is 11.8 Å². The average molecular weight is 198 g/mol. The number of hydrogen-bond donors (Lipinski definition) is 0. The fraction of sp³-hybridized carbons (Fsp3) is 0.818. The van der Waals surface area contributed by atoms with E-state index in [1.165, 1.54) is 7.11 Å². The highest BCUT2D eigenvalue weighted by Crippen LogP contribution is 2.32. The number of carbonyl (C=O) groups excluding carboxylic acids is 2. The van der Waals surface area contributed by atoms with E-state index in [1.807, 2.05) is 13.8 Å². The van der Waals surface area contributed by atoms with Gasteiger partial charge in [0.15, 0.2) is 0 Å². The lowest BCUT2D eigenvalue weighted by Crippen LogP contribution is -2.37. The number of hydrogen-bond acceptors (Lipinski definition) is 3. The molecular weight excluding hydrogens is 180 g/mol. The number of esters is 1. The van der Waals surface area contributed by atoms with Gasteiger partial charge in [-0.1, -0.05) is 20.3 Å². The molecule has 1 rings (SSSR count). The number of ketones is 1. The predicted octanol–water partition coefficient (Wildman–Crippen LogP) is 1.80. The molecule has 80 valence electrons. The zero-order valence-electron chi connectivity index (χ0n) is 9.08. The summed E-state index contributed by atoms with van der Waals surface area (Å²) in [6.45, 7) is 3.77. The maximum atomic E-state index is 11.9. The third kappa shape index (κ3) is 2.14. The van der Waals surface area contributed by atoms with Gasteiger partial charge in [-0.2, -0.15) is 0 Å². The highest BCUT2D eigenvalue weighted by atomic mass is 16.5. The van der Waals surface area contributed by atoms with Gasteiger partial charge in [0.25, 0.3) is 0 Å². The summed E-state index contributed by atoms with van der Waals surface area (Å²) in [5.41, 5.74) is 0. The SMILES string of the molecule is COC(=O)C(C(=O)C1CCC1)C(C)C. The van der Waals surface area contributed by atoms with Gasteiger partial charge in [0, 0.05) is 5.92 Å². The van der Waals surface area contributed by atoms with E-state index in [1.54, 1.807) is 0 Å². The van der Waals surface area contributed by atoms with Gasteiger partial charge in [-0.3, -0.25) is 9.59 Å². The smallest absolute Gasteiger partial charge is 0.316 e. The Balaban J connectivity index is 2.66. The van der Waals surface area contributed by atoms with Crippen LogP contribution < -0.4 is 0 Å². The van der Waals surface area contributed by atoms with Crippen LogP contribution in [0, 0.1) is 17.8 Å². The molecule has 0 aromatic heterocycles. The lowest BCUT2D eigenvalue weighted by molar-refractivity contribution is -0.153. The van der Waals surface area contributed by atoms with Crippen LogP contribution in [0.25, 0.3) is 0 Å². The third-order valence-electron chi connectivity index (χ3n) is 2.94. The molecule has 0 bridgehead atoms. The Hall–Kier alpha value is -0.860. The summed E-state index contributed by atoms with van der Waals surface area (Å²) >= 11 is 0. The lowest BCUT2D eigenvalue weighted by atomic mass is 9.75. The standard InChI is InChI=1S/C11H18O3/c1-7(2)9(11(13)14-3)10(12)8-5-4-6-8/h7-9H,4-6H2,1-3H3. The fourth-order valence-electron chi connectivity index (χ4n) is 1.79. The molecule has 0 amide bonds. The molecule has 3 nitrogen and oxygen atoms in total. The van der Waals surface area contributed by atoms with Crippen LogP contribution >= 0.6 is 0 Å². The monoisotopic (exact) mass is 198 g/mol.